The van der Waals surface area contributed by atoms with Gasteiger partial charge in [0, 0.05) is 18.0 Å². The fourth-order valence-corrected chi connectivity index (χ4v) is 2.08. The number of carbonyl (C=O) groups is 2. The third kappa shape index (κ3) is 2.41. The number of carbonyl (C=O) groups excluding carboxylic acids is 2. The molecule has 0 aliphatic heterocycles. The molecule has 2 aromatic heterocycles. The van der Waals surface area contributed by atoms with Crippen molar-refractivity contribution in [1.29, 1.82) is 0 Å². The maximum Gasteiger partial charge on any atom is 0.339 e. The minimum absolute atomic E-state index is 0.154. The average molecular weight is 280 g/mol. The van der Waals surface area contributed by atoms with Gasteiger partial charge in [0.1, 0.15) is 11.3 Å². The van der Waals surface area contributed by atoms with Crippen molar-refractivity contribution < 1.29 is 14.3 Å². The standard InChI is InChI=1S/C16H12N2O3/c1-21-16(20)12-7-8-14-17-13(10-18(14)9-12)15(19)11-5-3-2-4-6-11/h2-10H,1H3. The van der Waals surface area contributed by atoms with Crippen molar-refractivity contribution in [2.45, 2.75) is 0 Å². The van der Waals surface area contributed by atoms with E-state index in [9.17, 15) is 9.59 Å². The fraction of sp³-hybridized carbons (Fsp3) is 0.0625. The van der Waals surface area contributed by atoms with E-state index in [2.05, 4.69) is 9.72 Å². The van der Waals surface area contributed by atoms with E-state index in [1.165, 1.54) is 7.11 Å². The fourth-order valence-electron chi connectivity index (χ4n) is 2.08. The summed E-state index contributed by atoms with van der Waals surface area (Å²) in [5.74, 6) is -0.583. The van der Waals surface area contributed by atoms with Gasteiger partial charge in [0.2, 0.25) is 5.78 Å². The summed E-state index contributed by atoms with van der Waals surface area (Å²) in [5.41, 5.74) is 1.92. The summed E-state index contributed by atoms with van der Waals surface area (Å²) >= 11 is 0. The van der Waals surface area contributed by atoms with Crippen LogP contribution in [0, 0.1) is 0 Å². The second-order valence-electron chi connectivity index (χ2n) is 4.50. The Bertz CT molecular complexity index is 822. The Labute approximate surface area is 120 Å². The van der Waals surface area contributed by atoms with E-state index >= 15 is 0 Å². The van der Waals surface area contributed by atoms with Crippen molar-refractivity contribution in [3.63, 3.8) is 0 Å². The molecular weight excluding hydrogens is 268 g/mol. The molecule has 0 atom stereocenters. The number of hydrogen-bond donors (Lipinski definition) is 0. The van der Waals surface area contributed by atoms with Crippen LogP contribution in [0.4, 0.5) is 0 Å². The lowest BCUT2D eigenvalue weighted by molar-refractivity contribution is 0.0600. The van der Waals surface area contributed by atoms with E-state index < -0.39 is 5.97 Å². The highest BCUT2D eigenvalue weighted by atomic mass is 16.5. The summed E-state index contributed by atoms with van der Waals surface area (Å²) in [6.45, 7) is 0. The number of benzene rings is 1. The van der Waals surface area contributed by atoms with Gasteiger partial charge in [-0.1, -0.05) is 30.3 Å². The summed E-state index contributed by atoms with van der Waals surface area (Å²) < 4.78 is 6.31. The molecule has 2 heterocycles. The van der Waals surface area contributed by atoms with Gasteiger partial charge in [-0.25, -0.2) is 9.78 Å². The molecule has 1 aromatic carbocycles. The van der Waals surface area contributed by atoms with E-state index in [0.717, 1.165) is 0 Å². The largest absolute Gasteiger partial charge is 0.465 e. The highest BCUT2D eigenvalue weighted by Gasteiger charge is 2.14. The van der Waals surface area contributed by atoms with Gasteiger partial charge in [0.25, 0.3) is 0 Å². The summed E-state index contributed by atoms with van der Waals surface area (Å²) in [5, 5.41) is 0. The first kappa shape index (κ1) is 13.1. The summed E-state index contributed by atoms with van der Waals surface area (Å²) in [6.07, 6.45) is 3.20. The van der Waals surface area contributed by atoms with Crippen LogP contribution in [0.5, 0.6) is 0 Å². The van der Waals surface area contributed by atoms with Gasteiger partial charge in [-0.05, 0) is 12.1 Å². The molecule has 0 amide bonds. The molecule has 3 aromatic rings. The second kappa shape index (κ2) is 5.20. The van der Waals surface area contributed by atoms with Gasteiger partial charge in [-0.15, -0.1) is 0 Å². The van der Waals surface area contributed by atoms with Crippen molar-refractivity contribution in [3.8, 4) is 0 Å². The summed E-state index contributed by atoms with van der Waals surface area (Å²) in [7, 11) is 1.32. The van der Waals surface area contributed by atoms with Crippen LogP contribution in [0.15, 0.2) is 54.9 Å². The van der Waals surface area contributed by atoms with Crippen LogP contribution >= 0.6 is 0 Å². The van der Waals surface area contributed by atoms with E-state index in [0.29, 0.717) is 22.5 Å². The number of ether oxygens (including phenoxy) is 1. The molecule has 5 heteroatoms. The number of aromatic nitrogens is 2. The molecule has 0 N–H and O–H groups in total. The molecule has 0 saturated heterocycles. The lowest BCUT2D eigenvalue weighted by Crippen LogP contribution is -2.02. The van der Waals surface area contributed by atoms with Gasteiger partial charge in [0.05, 0.1) is 12.7 Å². The Morgan fingerprint density at radius 2 is 1.76 bits per heavy atom. The number of methoxy groups -OCH3 is 1. The van der Waals surface area contributed by atoms with Crippen LogP contribution in [0.3, 0.4) is 0 Å². The first-order valence-corrected chi connectivity index (χ1v) is 6.36. The SMILES string of the molecule is COC(=O)c1ccc2nc(C(=O)c3ccccc3)cn2c1. The smallest absolute Gasteiger partial charge is 0.339 e. The number of imidazole rings is 1. The Hall–Kier alpha value is -2.95. The highest BCUT2D eigenvalue weighted by molar-refractivity contribution is 6.08. The van der Waals surface area contributed by atoms with Gasteiger partial charge < -0.3 is 9.14 Å². The maximum atomic E-state index is 12.3. The topological polar surface area (TPSA) is 60.7 Å². The van der Waals surface area contributed by atoms with Crippen LogP contribution in [-0.4, -0.2) is 28.2 Å². The number of hydrogen-bond acceptors (Lipinski definition) is 4. The Kier molecular flexibility index (Phi) is 3.23. The molecule has 0 saturated carbocycles. The van der Waals surface area contributed by atoms with E-state index in [1.807, 2.05) is 6.07 Å². The minimum Gasteiger partial charge on any atom is -0.465 e. The Morgan fingerprint density at radius 1 is 1.00 bits per heavy atom. The van der Waals surface area contributed by atoms with E-state index in [-0.39, 0.29) is 5.78 Å². The Morgan fingerprint density at radius 3 is 2.48 bits per heavy atom. The predicted octanol–water partition coefficient (Wildman–Crippen LogP) is 2.35. The highest BCUT2D eigenvalue weighted by Crippen LogP contribution is 2.12. The molecule has 21 heavy (non-hydrogen) atoms. The number of fused-ring (bicyclic) bond motifs is 1. The Balaban J connectivity index is 2.01. The molecule has 5 nitrogen and oxygen atoms in total. The average Bonchev–Trinajstić information content (AvgIpc) is 2.97. The maximum absolute atomic E-state index is 12.3. The van der Waals surface area contributed by atoms with Crippen molar-refractivity contribution in [2.75, 3.05) is 7.11 Å². The van der Waals surface area contributed by atoms with E-state index in [1.54, 1.807) is 53.2 Å². The first-order chi connectivity index (χ1) is 10.2. The molecule has 104 valence electrons. The molecular formula is C16H12N2O3. The quantitative estimate of drug-likeness (QED) is 0.546. The molecule has 0 bridgehead atoms. The van der Waals surface area contributed by atoms with Gasteiger partial charge in [-0.2, -0.15) is 0 Å². The van der Waals surface area contributed by atoms with Crippen molar-refractivity contribution in [3.05, 3.63) is 71.7 Å². The normalized spacial score (nSPS) is 10.5. The summed E-state index contributed by atoms with van der Waals surface area (Å²) in [6, 6.07) is 12.2. The first-order valence-electron chi connectivity index (χ1n) is 6.36. The van der Waals surface area contributed by atoms with E-state index in [4.69, 9.17) is 0 Å². The lowest BCUT2D eigenvalue weighted by Gasteiger charge is -1.99. The van der Waals surface area contributed by atoms with Gasteiger partial charge in [0.15, 0.2) is 0 Å². The third-order valence-electron chi connectivity index (χ3n) is 3.14. The molecule has 0 aliphatic carbocycles. The zero-order valence-electron chi connectivity index (χ0n) is 11.3. The number of nitrogens with zero attached hydrogens (tertiary/aromatic N) is 2. The third-order valence-corrected chi connectivity index (χ3v) is 3.14. The van der Waals surface area contributed by atoms with Crippen LogP contribution in [-0.2, 0) is 4.74 Å². The predicted molar refractivity (Wildman–Crippen MR) is 76.4 cm³/mol. The van der Waals surface area contributed by atoms with Crippen LogP contribution < -0.4 is 0 Å². The molecule has 0 spiro atoms. The zero-order chi connectivity index (χ0) is 14.8. The van der Waals surface area contributed by atoms with Crippen LogP contribution in [0.2, 0.25) is 0 Å². The minimum atomic E-state index is -0.429. The van der Waals surface area contributed by atoms with Gasteiger partial charge in [-0.3, -0.25) is 4.79 Å². The number of pyridine rings is 1. The molecule has 0 aliphatic rings. The number of rotatable bonds is 3. The lowest BCUT2D eigenvalue weighted by atomic mass is 10.1. The molecule has 0 radical (unpaired) electrons. The molecule has 0 fully saturated rings. The second-order valence-corrected chi connectivity index (χ2v) is 4.50. The monoisotopic (exact) mass is 280 g/mol. The number of esters is 1. The van der Waals surface area contributed by atoms with Gasteiger partial charge >= 0.3 is 5.97 Å². The molecule has 3 rings (SSSR count). The number of ketones is 1. The molecule has 0 unspecified atom stereocenters. The van der Waals surface area contributed by atoms with Crippen molar-refractivity contribution >= 4 is 17.4 Å². The summed E-state index contributed by atoms with van der Waals surface area (Å²) in [4.78, 5) is 28.1. The van der Waals surface area contributed by atoms with Crippen LogP contribution in [0.25, 0.3) is 5.65 Å². The zero-order valence-corrected chi connectivity index (χ0v) is 11.3. The van der Waals surface area contributed by atoms with Crippen molar-refractivity contribution in [2.24, 2.45) is 0 Å². The van der Waals surface area contributed by atoms with Crippen molar-refractivity contribution in [1.82, 2.24) is 9.38 Å². The van der Waals surface area contributed by atoms with Crippen LogP contribution in [0.1, 0.15) is 26.4 Å².